The largest absolute Gasteiger partial charge is 0.361 e. The van der Waals surface area contributed by atoms with Crippen LogP contribution in [0.3, 0.4) is 0 Å². The topological polar surface area (TPSA) is 61.9 Å². The highest BCUT2D eigenvalue weighted by molar-refractivity contribution is 6.76. The van der Waals surface area contributed by atoms with Crippen molar-refractivity contribution in [3.05, 3.63) is 54.5 Å². The molecule has 0 amide bonds. The lowest BCUT2D eigenvalue weighted by Crippen LogP contribution is -2.22. The molecule has 0 aliphatic carbocycles. The number of rotatable bonds is 7. The summed E-state index contributed by atoms with van der Waals surface area (Å²) in [7, 11) is -1.17. The number of fused-ring (bicyclic) bond motifs is 2. The standard InChI is InChI=1S/C25H32N4O2Si/c1-25(2,3)23(30)19-16-28(17-31-13-14-32(4,5)6)24-22(19)27-21(15-26-24)29-12-11-18-9-7-8-10-20(18)29/h7-12,15-16H,13-14,17H2,1-6H3. The average molecular weight is 449 g/mol. The molecule has 0 radical (unpaired) electrons. The van der Waals surface area contributed by atoms with Crippen LogP contribution in [0.5, 0.6) is 0 Å². The molecule has 32 heavy (non-hydrogen) atoms. The summed E-state index contributed by atoms with van der Waals surface area (Å²) in [5.41, 5.74) is 2.42. The minimum absolute atomic E-state index is 0.0483. The maximum atomic E-state index is 13.2. The summed E-state index contributed by atoms with van der Waals surface area (Å²) in [5, 5.41) is 1.13. The van der Waals surface area contributed by atoms with Crippen molar-refractivity contribution in [3.63, 3.8) is 0 Å². The van der Waals surface area contributed by atoms with Crippen LogP contribution in [-0.2, 0) is 11.5 Å². The van der Waals surface area contributed by atoms with E-state index in [9.17, 15) is 4.79 Å². The quantitative estimate of drug-likeness (QED) is 0.200. The number of carbonyl (C=O) groups excluding carboxylic acids is 1. The van der Waals surface area contributed by atoms with Gasteiger partial charge in [-0.2, -0.15) is 0 Å². The van der Waals surface area contributed by atoms with Crippen molar-refractivity contribution in [3.8, 4) is 5.82 Å². The molecule has 1 aromatic carbocycles. The van der Waals surface area contributed by atoms with Gasteiger partial charge in [-0.3, -0.25) is 9.36 Å². The van der Waals surface area contributed by atoms with Crippen LogP contribution in [0.2, 0.25) is 25.7 Å². The van der Waals surface area contributed by atoms with Crippen molar-refractivity contribution >= 4 is 35.9 Å². The number of hydrogen-bond acceptors (Lipinski definition) is 4. The molecule has 7 heteroatoms. The van der Waals surface area contributed by atoms with Gasteiger partial charge in [0.25, 0.3) is 0 Å². The summed E-state index contributed by atoms with van der Waals surface area (Å²) in [4.78, 5) is 22.9. The van der Waals surface area contributed by atoms with Gasteiger partial charge in [-0.1, -0.05) is 58.6 Å². The van der Waals surface area contributed by atoms with Crippen molar-refractivity contribution < 1.29 is 9.53 Å². The Morgan fingerprint density at radius 1 is 1.12 bits per heavy atom. The molecule has 0 fully saturated rings. The maximum absolute atomic E-state index is 13.2. The zero-order chi connectivity index (χ0) is 23.1. The summed E-state index contributed by atoms with van der Waals surface area (Å²) in [5.74, 6) is 0.742. The minimum atomic E-state index is -1.17. The van der Waals surface area contributed by atoms with Crippen LogP contribution >= 0.6 is 0 Å². The van der Waals surface area contributed by atoms with Crippen molar-refractivity contribution in [2.24, 2.45) is 5.41 Å². The van der Waals surface area contributed by atoms with Gasteiger partial charge in [-0.05, 0) is 23.6 Å². The summed E-state index contributed by atoms with van der Waals surface area (Å²) >= 11 is 0. The number of benzene rings is 1. The number of nitrogens with zero attached hydrogens (tertiary/aromatic N) is 4. The zero-order valence-electron chi connectivity index (χ0n) is 19.8. The Hall–Kier alpha value is -2.77. The van der Waals surface area contributed by atoms with Gasteiger partial charge in [0.1, 0.15) is 12.2 Å². The number of para-hydroxylation sites is 1. The first-order chi connectivity index (χ1) is 15.0. The molecule has 0 aliphatic heterocycles. The Bertz CT molecular complexity index is 1270. The van der Waals surface area contributed by atoms with Gasteiger partial charge < -0.3 is 9.30 Å². The van der Waals surface area contributed by atoms with Gasteiger partial charge in [-0.15, -0.1) is 0 Å². The molecule has 0 unspecified atom stereocenters. The first-order valence-electron chi connectivity index (χ1n) is 11.1. The molecule has 0 aliphatic rings. The van der Waals surface area contributed by atoms with Crippen LogP contribution in [0.25, 0.3) is 27.9 Å². The maximum Gasteiger partial charge on any atom is 0.171 e. The van der Waals surface area contributed by atoms with E-state index < -0.39 is 13.5 Å². The molecule has 168 valence electrons. The van der Waals surface area contributed by atoms with Crippen LogP contribution in [0.15, 0.2) is 48.9 Å². The van der Waals surface area contributed by atoms with Gasteiger partial charge in [0.15, 0.2) is 17.2 Å². The van der Waals surface area contributed by atoms with E-state index in [0.29, 0.717) is 35.9 Å². The second-order valence-electron chi connectivity index (χ2n) is 10.6. The average Bonchev–Trinajstić information content (AvgIpc) is 3.30. The predicted octanol–water partition coefficient (Wildman–Crippen LogP) is 5.92. The van der Waals surface area contributed by atoms with Crippen molar-refractivity contribution in [1.29, 1.82) is 0 Å². The van der Waals surface area contributed by atoms with Gasteiger partial charge in [0.05, 0.1) is 17.3 Å². The lowest BCUT2D eigenvalue weighted by atomic mass is 9.87. The Kier molecular flexibility index (Phi) is 5.81. The van der Waals surface area contributed by atoms with E-state index in [-0.39, 0.29) is 5.78 Å². The monoisotopic (exact) mass is 448 g/mol. The lowest BCUT2D eigenvalue weighted by molar-refractivity contribution is 0.0849. The normalized spacial score (nSPS) is 12.7. The third-order valence-electron chi connectivity index (χ3n) is 5.55. The van der Waals surface area contributed by atoms with Crippen LogP contribution in [0, 0.1) is 5.41 Å². The van der Waals surface area contributed by atoms with Gasteiger partial charge in [-0.25, -0.2) is 9.97 Å². The Balaban J connectivity index is 1.75. The molecule has 0 N–H and O–H groups in total. The van der Waals surface area contributed by atoms with Gasteiger partial charge in [0.2, 0.25) is 0 Å². The number of Topliss-reactive ketones (excluding diaryl/α,β-unsaturated/α-hetero) is 1. The smallest absolute Gasteiger partial charge is 0.171 e. The van der Waals surface area contributed by atoms with E-state index in [1.54, 1.807) is 6.20 Å². The fourth-order valence-corrected chi connectivity index (χ4v) is 4.41. The van der Waals surface area contributed by atoms with Crippen molar-refractivity contribution in [1.82, 2.24) is 19.1 Å². The fourth-order valence-electron chi connectivity index (χ4n) is 3.65. The summed E-state index contributed by atoms with van der Waals surface area (Å²) < 4.78 is 9.87. The van der Waals surface area contributed by atoms with E-state index in [0.717, 1.165) is 16.9 Å². The fraction of sp³-hybridized carbons (Fsp3) is 0.400. The van der Waals surface area contributed by atoms with Crippen LogP contribution in [0.1, 0.15) is 31.1 Å². The molecule has 6 nitrogen and oxygen atoms in total. The Morgan fingerprint density at radius 2 is 1.88 bits per heavy atom. The molecule has 4 aromatic rings. The Labute approximate surface area is 190 Å². The zero-order valence-corrected chi connectivity index (χ0v) is 20.8. The lowest BCUT2D eigenvalue weighted by Gasteiger charge is -2.16. The number of hydrogen-bond donors (Lipinski definition) is 0. The van der Waals surface area contributed by atoms with E-state index in [2.05, 4.69) is 37.8 Å². The minimum Gasteiger partial charge on any atom is -0.361 e. The molecule has 4 rings (SSSR count). The van der Waals surface area contributed by atoms with E-state index in [1.165, 1.54) is 0 Å². The molecular weight excluding hydrogens is 416 g/mol. The van der Waals surface area contributed by atoms with E-state index in [4.69, 9.17) is 14.7 Å². The number of aromatic nitrogens is 4. The van der Waals surface area contributed by atoms with Crippen molar-refractivity contribution in [2.75, 3.05) is 6.61 Å². The second-order valence-corrected chi connectivity index (χ2v) is 16.2. The second kappa shape index (κ2) is 8.29. The summed E-state index contributed by atoms with van der Waals surface area (Å²) in [6.45, 7) is 13.9. The molecule has 0 saturated heterocycles. The summed E-state index contributed by atoms with van der Waals surface area (Å²) in [6, 6.07) is 11.3. The molecular formula is C25H32N4O2Si. The van der Waals surface area contributed by atoms with E-state index in [1.807, 2.05) is 54.4 Å². The third kappa shape index (κ3) is 4.54. The highest BCUT2D eigenvalue weighted by Gasteiger charge is 2.28. The number of ketones is 1. The summed E-state index contributed by atoms with van der Waals surface area (Å²) in [6.07, 6.45) is 5.60. The Morgan fingerprint density at radius 3 is 2.59 bits per heavy atom. The highest BCUT2D eigenvalue weighted by Crippen LogP contribution is 2.28. The van der Waals surface area contributed by atoms with Gasteiger partial charge in [0, 0.05) is 32.5 Å². The van der Waals surface area contributed by atoms with Gasteiger partial charge >= 0.3 is 0 Å². The molecule has 0 saturated carbocycles. The molecule has 3 heterocycles. The van der Waals surface area contributed by atoms with Crippen LogP contribution < -0.4 is 0 Å². The predicted molar refractivity (Wildman–Crippen MR) is 132 cm³/mol. The molecule has 0 bridgehead atoms. The molecule has 3 aromatic heterocycles. The molecule has 0 atom stereocenters. The highest BCUT2D eigenvalue weighted by atomic mass is 28.3. The number of carbonyl (C=O) groups is 1. The van der Waals surface area contributed by atoms with Crippen LogP contribution in [-0.4, -0.2) is 39.6 Å². The first-order valence-corrected chi connectivity index (χ1v) is 14.8. The molecule has 0 spiro atoms. The third-order valence-corrected chi connectivity index (χ3v) is 7.26. The first kappa shape index (κ1) is 22.4. The van der Waals surface area contributed by atoms with Crippen LogP contribution in [0.4, 0.5) is 0 Å². The number of ether oxygens (including phenoxy) is 1. The van der Waals surface area contributed by atoms with Crippen molar-refractivity contribution in [2.45, 2.75) is 53.2 Å². The SMILES string of the molecule is CC(C)(C)C(=O)c1cn(COCC[Si](C)(C)C)c2ncc(-n3ccc4ccccc43)nc12. The van der Waals surface area contributed by atoms with E-state index >= 15 is 0 Å².